The third-order valence-corrected chi connectivity index (χ3v) is 4.87. The van der Waals surface area contributed by atoms with Crippen LogP contribution in [0.5, 0.6) is 0 Å². The molecule has 2 aliphatic rings. The second-order valence-corrected chi connectivity index (χ2v) is 6.31. The Morgan fingerprint density at radius 1 is 1.10 bits per heavy atom. The molecule has 1 heterocycles. The number of halogens is 2. The van der Waals surface area contributed by atoms with Crippen molar-refractivity contribution in [1.29, 1.82) is 0 Å². The van der Waals surface area contributed by atoms with Crippen LogP contribution in [-0.4, -0.2) is 24.5 Å². The van der Waals surface area contributed by atoms with Crippen molar-refractivity contribution in [2.75, 3.05) is 19.6 Å². The second-order valence-electron chi connectivity index (χ2n) is 6.31. The molecule has 1 aliphatic heterocycles. The third kappa shape index (κ3) is 3.01. The highest BCUT2D eigenvalue weighted by atomic mass is 19.1. The predicted molar refractivity (Wildman–Crippen MR) is 75.2 cm³/mol. The number of benzene rings is 1. The average molecular weight is 280 g/mol. The number of hydrogen-bond donors (Lipinski definition) is 1. The first-order chi connectivity index (χ1) is 9.61. The summed E-state index contributed by atoms with van der Waals surface area (Å²) in [4.78, 5) is 2.46. The number of nitrogens with zero attached hydrogens (tertiary/aromatic N) is 1. The van der Waals surface area contributed by atoms with Crippen molar-refractivity contribution in [3.8, 4) is 0 Å². The number of hydrogen-bond acceptors (Lipinski definition) is 2. The molecule has 0 radical (unpaired) electrons. The van der Waals surface area contributed by atoms with Crippen LogP contribution in [0.25, 0.3) is 0 Å². The minimum absolute atomic E-state index is 0.291. The molecule has 2 fully saturated rings. The molecule has 20 heavy (non-hydrogen) atoms. The molecule has 3 atom stereocenters. The number of likely N-dealkylation sites (tertiary alicyclic amines) is 1. The van der Waals surface area contributed by atoms with Crippen LogP contribution in [0.15, 0.2) is 18.2 Å². The zero-order chi connectivity index (χ0) is 14.1. The summed E-state index contributed by atoms with van der Waals surface area (Å²) in [6.07, 6.45) is 4.86. The van der Waals surface area contributed by atoms with Gasteiger partial charge in [0.15, 0.2) is 0 Å². The minimum Gasteiger partial charge on any atom is -0.324 e. The molecule has 3 unspecified atom stereocenters. The van der Waals surface area contributed by atoms with Crippen molar-refractivity contribution >= 4 is 0 Å². The highest BCUT2D eigenvalue weighted by molar-refractivity contribution is 5.21. The van der Waals surface area contributed by atoms with Crippen molar-refractivity contribution in [2.45, 2.75) is 31.7 Å². The van der Waals surface area contributed by atoms with Crippen LogP contribution >= 0.6 is 0 Å². The maximum atomic E-state index is 13.2. The molecular weight excluding hydrogens is 258 g/mol. The smallest absolute Gasteiger partial charge is 0.126 e. The van der Waals surface area contributed by atoms with E-state index >= 15 is 0 Å². The van der Waals surface area contributed by atoms with Gasteiger partial charge in [-0.2, -0.15) is 0 Å². The summed E-state index contributed by atoms with van der Waals surface area (Å²) in [6.45, 7) is 3.27. The fourth-order valence-electron chi connectivity index (χ4n) is 3.79. The van der Waals surface area contributed by atoms with Gasteiger partial charge in [0.2, 0.25) is 0 Å². The molecule has 0 aromatic heterocycles. The van der Waals surface area contributed by atoms with Gasteiger partial charge in [0.25, 0.3) is 0 Å². The molecule has 2 nitrogen and oxygen atoms in total. The highest BCUT2D eigenvalue weighted by Crippen LogP contribution is 2.37. The van der Waals surface area contributed by atoms with Gasteiger partial charge in [0.05, 0.1) is 0 Å². The van der Waals surface area contributed by atoms with E-state index in [4.69, 9.17) is 5.73 Å². The van der Waals surface area contributed by atoms with Crippen LogP contribution in [-0.2, 0) is 0 Å². The predicted octanol–water partition coefficient (Wildman–Crippen LogP) is 3.09. The molecule has 1 aromatic rings. The van der Waals surface area contributed by atoms with E-state index in [2.05, 4.69) is 4.90 Å². The molecule has 110 valence electrons. The van der Waals surface area contributed by atoms with Crippen LogP contribution in [0.4, 0.5) is 8.78 Å². The van der Waals surface area contributed by atoms with E-state index in [1.807, 2.05) is 0 Å². The summed E-state index contributed by atoms with van der Waals surface area (Å²) in [5, 5.41) is 0. The molecule has 0 spiro atoms. The first-order valence-corrected chi connectivity index (χ1v) is 7.56. The molecule has 3 rings (SSSR count). The zero-order valence-corrected chi connectivity index (χ0v) is 11.7. The van der Waals surface area contributed by atoms with Crippen molar-refractivity contribution < 1.29 is 8.78 Å². The maximum Gasteiger partial charge on any atom is 0.126 e. The van der Waals surface area contributed by atoms with Crippen LogP contribution in [0.3, 0.4) is 0 Å². The Kier molecular flexibility index (Phi) is 4.03. The summed E-state index contributed by atoms with van der Waals surface area (Å²) in [5.74, 6) is 0.646. The standard InChI is InChI=1S/C16H22F2N2/c17-14-6-13(7-15(18)8-14)16(19)4-5-20-9-11-2-1-3-12(11)10-20/h6-8,11-12,16H,1-5,9-10,19H2. The summed E-state index contributed by atoms with van der Waals surface area (Å²) >= 11 is 0. The van der Waals surface area contributed by atoms with E-state index in [1.165, 1.54) is 44.5 Å². The maximum absolute atomic E-state index is 13.2. The van der Waals surface area contributed by atoms with Crippen LogP contribution < -0.4 is 5.73 Å². The number of nitrogens with two attached hydrogens (primary N) is 1. The summed E-state index contributed by atoms with van der Waals surface area (Å²) in [5.41, 5.74) is 6.62. The van der Waals surface area contributed by atoms with Crippen molar-refractivity contribution in [2.24, 2.45) is 17.6 Å². The van der Waals surface area contributed by atoms with Gasteiger partial charge in [-0.3, -0.25) is 0 Å². The molecule has 0 amide bonds. The van der Waals surface area contributed by atoms with Gasteiger partial charge in [0, 0.05) is 25.2 Å². The average Bonchev–Trinajstić information content (AvgIpc) is 2.95. The summed E-state index contributed by atoms with van der Waals surface area (Å²) in [6, 6.07) is 3.28. The molecule has 0 bridgehead atoms. The van der Waals surface area contributed by atoms with Gasteiger partial charge in [-0.15, -0.1) is 0 Å². The van der Waals surface area contributed by atoms with Crippen LogP contribution in [0, 0.1) is 23.5 Å². The van der Waals surface area contributed by atoms with Crippen LogP contribution in [0.2, 0.25) is 0 Å². The van der Waals surface area contributed by atoms with Crippen molar-refractivity contribution in [3.63, 3.8) is 0 Å². The van der Waals surface area contributed by atoms with E-state index in [-0.39, 0.29) is 6.04 Å². The van der Waals surface area contributed by atoms with Gasteiger partial charge >= 0.3 is 0 Å². The Bertz CT molecular complexity index is 445. The Labute approximate surface area is 118 Å². The Balaban J connectivity index is 1.53. The van der Waals surface area contributed by atoms with E-state index in [9.17, 15) is 8.78 Å². The normalized spacial score (nSPS) is 27.8. The molecule has 1 saturated carbocycles. The van der Waals surface area contributed by atoms with E-state index in [0.717, 1.165) is 30.9 Å². The van der Waals surface area contributed by atoms with E-state index in [1.54, 1.807) is 0 Å². The van der Waals surface area contributed by atoms with Gasteiger partial charge in [-0.1, -0.05) is 6.42 Å². The quantitative estimate of drug-likeness (QED) is 0.918. The largest absolute Gasteiger partial charge is 0.324 e. The fourth-order valence-corrected chi connectivity index (χ4v) is 3.79. The lowest BCUT2D eigenvalue weighted by molar-refractivity contribution is 0.297. The Hall–Kier alpha value is -1.00. The molecular formula is C16H22F2N2. The third-order valence-electron chi connectivity index (χ3n) is 4.87. The lowest BCUT2D eigenvalue weighted by atomic mass is 10.0. The van der Waals surface area contributed by atoms with Crippen LogP contribution in [0.1, 0.15) is 37.3 Å². The van der Waals surface area contributed by atoms with E-state index < -0.39 is 11.6 Å². The minimum atomic E-state index is -0.550. The monoisotopic (exact) mass is 280 g/mol. The number of fused-ring (bicyclic) bond motifs is 1. The van der Waals surface area contributed by atoms with E-state index in [0.29, 0.717) is 5.56 Å². The topological polar surface area (TPSA) is 29.3 Å². The Morgan fingerprint density at radius 2 is 1.70 bits per heavy atom. The lowest BCUT2D eigenvalue weighted by Gasteiger charge is -2.20. The SMILES string of the molecule is NC(CCN1CC2CCCC2C1)c1cc(F)cc(F)c1. The molecule has 1 aliphatic carbocycles. The van der Waals surface area contributed by atoms with Crippen molar-refractivity contribution in [1.82, 2.24) is 4.90 Å². The van der Waals surface area contributed by atoms with Gasteiger partial charge < -0.3 is 10.6 Å². The second kappa shape index (κ2) is 5.78. The molecule has 1 saturated heterocycles. The zero-order valence-electron chi connectivity index (χ0n) is 11.7. The van der Waals surface area contributed by atoms with Gasteiger partial charge in [-0.05, 0) is 55.3 Å². The highest BCUT2D eigenvalue weighted by Gasteiger charge is 2.35. The number of rotatable bonds is 4. The Morgan fingerprint density at radius 3 is 2.30 bits per heavy atom. The lowest BCUT2D eigenvalue weighted by Crippen LogP contribution is -2.26. The van der Waals surface area contributed by atoms with Crippen molar-refractivity contribution in [3.05, 3.63) is 35.4 Å². The molecule has 2 N–H and O–H groups in total. The van der Waals surface area contributed by atoms with Gasteiger partial charge in [0.1, 0.15) is 11.6 Å². The fraction of sp³-hybridized carbons (Fsp3) is 0.625. The summed E-state index contributed by atoms with van der Waals surface area (Å²) < 4.78 is 26.4. The molecule has 1 aromatic carbocycles. The summed E-state index contributed by atoms with van der Waals surface area (Å²) in [7, 11) is 0. The van der Waals surface area contributed by atoms with Gasteiger partial charge in [-0.25, -0.2) is 8.78 Å². The first kappa shape index (κ1) is 14.0. The molecule has 4 heteroatoms. The first-order valence-electron chi connectivity index (χ1n) is 7.56.